The standard InChI is InChI=1S/C10H13N5/c1-14(2)7-13-9-8-4-5-15(3)10(8)12-6-11-9/h4-7H,1-3H3/b13-7+. The largest absolute Gasteiger partial charge is 0.369 e. The van der Waals surface area contributed by atoms with Gasteiger partial charge >= 0.3 is 0 Å². The predicted molar refractivity (Wildman–Crippen MR) is 60.3 cm³/mol. The molecule has 5 heteroatoms. The van der Waals surface area contributed by atoms with E-state index in [1.54, 1.807) is 6.34 Å². The third-order valence-electron chi connectivity index (χ3n) is 2.05. The molecular formula is C10H13N5. The molecule has 2 aromatic heterocycles. The van der Waals surface area contributed by atoms with Gasteiger partial charge in [-0.25, -0.2) is 15.0 Å². The van der Waals surface area contributed by atoms with Crippen LogP contribution >= 0.6 is 0 Å². The van der Waals surface area contributed by atoms with Crippen LogP contribution in [0.5, 0.6) is 0 Å². The summed E-state index contributed by atoms with van der Waals surface area (Å²) in [5, 5.41) is 0.970. The molecule has 15 heavy (non-hydrogen) atoms. The van der Waals surface area contributed by atoms with Crippen LogP contribution in [0.4, 0.5) is 5.82 Å². The average molecular weight is 203 g/mol. The first kappa shape index (κ1) is 9.64. The summed E-state index contributed by atoms with van der Waals surface area (Å²) >= 11 is 0. The summed E-state index contributed by atoms with van der Waals surface area (Å²) in [6, 6.07) is 1.97. The van der Waals surface area contributed by atoms with Gasteiger partial charge in [-0.15, -0.1) is 0 Å². The lowest BCUT2D eigenvalue weighted by molar-refractivity contribution is 0.643. The molecule has 2 aromatic rings. The molecule has 0 bridgehead atoms. The van der Waals surface area contributed by atoms with Crippen LogP contribution in [0.3, 0.4) is 0 Å². The highest BCUT2D eigenvalue weighted by atomic mass is 15.1. The Hall–Kier alpha value is -1.91. The monoisotopic (exact) mass is 203 g/mol. The minimum atomic E-state index is 0.703. The highest BCUT2D eigenvalue weighted by Crippen LogP contribution is 2.21. The molecule has 5 nitrogen and oxygen atoms in total. The van der Waals surface area contributed by atoms with Crippen LogP contribution in [0.15, 0.2) is 23.6 Å². The zero-order chi connectivity index (χ0) is 10.8. The molecule has 0 aliphatic heterocycles. The molecule has 0 amide bonds. The summed E-state index contributed by atoms with van der Waals surface area (Å²) in [5.74, 6) is 0.703. The highest BCUT2D eigenvalue weighted by Gasteiger charge is 2.04. The van der Waals surface area contributed by atoms with Gasteiger partial charge in [-0.3, -0.25) is 0 Å². The van der Waals surface area contributed by atoms with Gasteiger partial charge in [0.15, 0.2) is 5.82 Å². The van der Waals surface area contributed by atoms with E-state index in [0.717, 1.165) is 11.0 Å². The van der Waals surface area contributed by atoms with E-state index in [4.69, 9.17) is 0 Å². The van der Waals surface area contributed by atoms with Gasteiger partial charge in [0.05, 0.1) is 11.7 Å². The van der Waals surface area contributed by atoms with E-state index in [1.165, 1.54) is 6.33 Å². The van der Waals surface area contributed by atoms with Crippen LogP contribution < -0.4 is 0 Å². The maximum atomic E-state index is 4.28. The van der Waals surface area contributed by atoms with Crippen molar-refractivity contribution in [2.45, 2.75) is 0 Å². The Kier molecular flexibility index (Phi) is 2.37. The lowest BCUT2D eigenvalue weighted by Gasteiger charge is -2.02. The number of fused-ring (bicyclic) bond motifs is 1. The first-order valence-electron chi connectivity index (χ1n) is 4.65. The zero-order valence-corrected chi connectivity index (χ0v) is 9.05. The van der Waals surface area contributed by atoms with Gasteiger partial charge in [-0.1, -0.05) is 0 Å². The summed E-state index contributed by atoms with van der Waals surface area (Å²) in [4.78, 5) is 14.5. The van der Waals surface area contributed by atoms with Gasteiger partial charge in [-0.2, -0.15) is 0 Å². The maximum absolute atomic E-state index is 4.28. The molecule has 0 spiro atoms. The summed E-state index contributed by atoms with van der Waals surface area (Å²) in [5.41, 5.74) is 0.899. The summed E-state index contributed by atoms with van der Waals surface area (Å²) in [7, 11) is 5.80. The Morgan fingerprint density at radius 3 is 2.93 bits per heavy atom. The van der Waals surface area contributed by atoms with Crippen LogP contribution in [-0.2, 0) is 7.05 Å². The van der Waals surface area contributed by atoms with Crippen molar-refractivity contribution in [2.75, 3.05) is 14.1 Å². The van der Waals surface area contributed by atoms with Crippen molar-refractivity contribution in [2.24, 2.45) is 12.0 Å². The number of hydrogen-bond donors (Lipinski definition) is 0. The fourth-order valence-corrected chi connectivity index (χ4v) is 1.34. The van der Waals surface area contributed by atoms with Crippen LogP contribution in [0.2, 0.25) is 0 Å². The molecule has 2 rings (SSSR count). The molecule has 0 N–H and O–H groups in total. The average Bonchev–Trinajstić information content (AvgIpc) is 2.58. The molecular weight excluding hydrogens is 190 g/mol. The summed E-state index contributed by atoms with van der Waals surface area (Å²) < 4.78 is 1.95. The summed E-state index contributed by atoms with van der Waals surface area (Å²) in [6.45, 7) is 0. The van der Waals surface area contributed by atoms with Crippen LogP contribution in [0, 0.1) is 0 Å². The summed E-state index contributed by atoms with van der Waals surface area (Å²) in [6.07, 6.45) is 5.22. The SMILES string of the molecule is CN(C)/C=N/c1ncnc2c1ccn2C. The molecule has 2 heterocycles. The number of aryl methyl sites for hydroxylation is 1. The molecule has 0 aliphatic carbocycles. The van der Waals surface area contributed by atoms with Crippen LogP contribution in [0.1, 0.15) is 0 Å². The number of hydrogen-bond acceptors (Lipinski definition) is 3. The Morgan fingerprint density at radius 2 is 2.20 bits per heavy atom. The Morgan fingerprint density at radius 1 is 1.40 bits per heavy atom. The molecule has 0 radical (unpaired) electrons. The van der Waals surface area contributed by atoms with Gasteiger partial charge < -0.3 is 9.47 Å². The van der Waals surface area contributed by atoms with Gasteiger partial charge in [0.1, 0.15) is 12.0 Å². The molecule has 0 fully saturated rings. The van der Waals surface area contributed by atoms with E-state index >= 15 is 0 Å². The van der Waals surface area contributed by atoms with E-state index in [1.807, 2.05) is 42.9 Å². The normalized spacial score (nSPS) is 11.4. The van der Waals surface area contributed by atoms with Crippen molar-refractivity contribution < 1.29 is 0 Å². The molecule has 0 unspecified atom stereocenters. The van der Waals surface area contributed by atoms with Gasteiger partial charge in [0, 0.05) is 27.3 Å². The van der Waals surface area contributed by atoms with Gasteiger partial charge in [0.2, 0.25) is 0 Å². The quantitative estimate of drug-likeness (QED) is 0.544. The highest BCUT2D eigenvalue weighted by molar-refractivity contribution is 5.87. The zero-order valence-electron chi connectivity index (χ0n) is 9.05. The first-order chi connectivity index (χ1) is 7.18. The van der Waals surface area contributed by atoms with Gasteiger partial charge in [-0.05, 0) is 6.07 Å². The van der Waals surface area contributed by atoms with Crippen LogP contribution in [-0.4, -0.2) is 39.9 Å². The molecule has 0 saturated carbocycles. The van der Waals surface area contributed by atoms with E-state index in [2.05, 4.69) is 15.0 Å². The lowest BCUT2D eigenvalue weighted by atomic mass is 10.4. The van der Waals surface area contributed by atoms with Crippen molar-refractivity contribution in [3.63, 3.8) is 0 Å². The second kappa shape index (κ2) is 3.68. The smallest absolute Gasteiger partial charge is 0.166 e. The molecule has 0 saturated heterocycles. The maximum Gasteiger partial charge on any atom is 0.166 e. The third kappa shape index (κ3) is 1.81. The number of nitrogens with zero attached hydrogens (tertiary/aromatic N) is 5. The minimum Gasteiger partial charge on any atom is -0.369 e. The van der Waals surface area contributed by atoms with Crippen molar-refractivity contribution >= 4 is 23.2 Å². The van der Waals surface area contributed by atoms with E-state index in [0.29, 0.717) is 5.82 Å². The van der Waals surface area contributed by atoms with E-state index in [9.17, 15) is 0 Å². The predicted octanol–water partition coefficient (Wildman–Crippen LogP) is 1.19. The van der Waals surface area contributed by atoms with Crippen molar-refractivity contribution in [3.05, 3.63) is 18.6 Å². The van der Waals surface area contributed by atoms with Crippen molar-refractivity contribution in [1.29, 1.82) is 0 Å². The minimum absolute atomic E-state index is 0.703. The fraction of sp³-hybridized carbons (Fsp3) is 0.300. The second-order valence-corrected chi connectivity index (χ2v) is 3.57. The fourth-order valence-electron chi connectivity index (χ4n) is 1.34. The van der Waals surface area contributed by atoms with E-state index in [-0.39, 0.29) is 0 Å². The lowest BCUT2D eigenvalue weighted by Crippen LogP contribution is -2.07. The second-order valence-electron chi connectivity index (χ2n) is 3.57. The van der Waals surface area contributed by atoms with Gasteiger partial charge in [0.25, 0.3) is 0 Å². The molecule has 78 valence electrons. The number of aromatic nitrogens is 3. The molecule has 0 atom stereocenters. The Labute approximate surface area is 88.1 Å². The van der Waals surface area contributed by atoms with Crippen molar-refractivity contribution in [3.8, 4) is 0 Å². The Bertz CT molecular complexity index is 497. The van der Waals surface area contributed by atoms with E-state index < -0.39 is 0 Å². The molecule has 0 aromatic carbocycles. The molecule has 0 aliphatic rings. The first-order valence-corrected chi connectivity index (χ1v) is 4.65. The van der Waals surface area contributed by atoms with Crippen LogP contribution in [0.25, 0.3) is 11.0 Å². The third-order valence-corrected chi connectivity index (χ3v) is 2.05. The topological polar surface area (TPSA) is 46.3 Å². The number of aliphatic imine (C=N–C) groups is 1. The Balaban J connectivity index is 2.52. The number of rotatable bonds is 2. The van der Waals surface area contributed by atoms with Crippen molar-refractivity contribution in [1.82, 2.24) is 19.4 Å².